The van der Waals surface area contributed by atoms with Crippen molar-refractivity contribution in [2.75, 3.05) is 0 Å². The zero-order chi connectivity index (χ0) is 13.5. The van der Waals surface area contributed by atoms with Crippen LogP contribution in [0.4, 0.5) is 0 Å². The van der Waals surface area contributed by atoms with Crippen molar-refractivity contribution in [2.45, 2.75) is 52.6 Å². The molecule has 98 valence electrons. The lowest BCUT2D eigenvalue weighted by Gasteiger charge is -2.25. The van der Waals surface area contributed by atoms with Gasteiger partial charge < -0.3 is 10.2 Å². The smallest absolute Gasteiger partial charge is 0.158 e. The minimum Gasteiger partial charge on any atom is -0.393 e. The molecule has 4 atom stereocenters. The van der Waals surface area contributed by atoms with Gasteiger partial charge in [-0.25, -0.2) is 0 Å². The first-order chi connectivity index (χ1) is 7.59. The van der Waals surface area contributed by atoms with Gasteiger partial charge in [-0.15, -0.1) is 0 Å². The summed E-state index contributed by atoms with van der Waals surface area (Å²) in [4.78, 5) is 12.3. The van der Waals surface area contributed by atoms with E-state index >= 15 is 0 Å². The lowest BCUT2D eigenvalue weighted by molar-refractivity contribution is -0.119. The van der Waals surface area contributed by atoms with Crippen molar-refractivity contribution >= 4 is 13.9 Å². The topological polar surface area (TPSA) is 57.5 Å². The van der Waals surface area contributed by atoms with Crippen LogP contribution in [0, 0.1) is 11.8 Å². The summed E-state index contributed by atoms with van der Waals surface area (Å²) in [6.45, 7) is 11.6. The molecule has 0 fully saturated rings. The Morgan fingerprint density at radius 3 is 1.94 bits per heavy atom. The molecule has 0 aliphatic heterocycles. The number of carbonyl (C=O) groups excluding carboxylic acids is 1. The molecule has 0 radical (unpaired) electrons. The third-order valence-electron chi connectivity index (χ3n) is 3.57. The molecule has 0 aromatic rings. The molecule has 0 aromatic carbocycles. The molecular formula is C13H24O3Si. The first kappa shape index (κ1) is 14.6. The van der Waals surface area contributed by atoms with Gasteiger partial charge in [0.15, 0.2) is 5.78 Å². The van der Waals surface area contributed by atoms with E-state index in [0.717, 1.165) is 10.8 Å². The van der Waals surface area contributed by atoms with Gasteiger partial charge in [0.25, 0.3) is 0 Å². The summed E-state index contributed by atoms with van der Waals surface area (Å²) in [5.41, 5.74) is 0.789. The van der Waals surface area contributed by atoms with E-state index < -0.39 is 20.3 Å². The second-order valence-electron chi connectivity index (χ2n) is 6.18. The highest BCUT2D eigenvalue weighted by Crippen LogP contribution is 2.41. The molecule has 0 spiro atoms. The lowest BCUT2D eigenvalue weighted by Crippen LogP contribution is -2.30. The predicted octanol–water partition coefficient (Wildman–Crippen LogP) is 1.76. The largest absolute Gasteiger partial charge is 0.393 e. The molecule has 3 nitrogen and oxygen atoms in total. The average Bonchev–Trinajstić information content (AvgIpc) is 2.38. The summed E-state index contributed by atoms with van der Waals surface area (Å²) in [6.07, 6.45) is -1.24. The van der Waals surface area contributed by atoms with Crippen LogP contribution in [-0.2, 0) is 4.79 Å². The average molecular weight is 256 g/mol. The zero-order valence-electron chi connectivity index (χ0n) is 11.6. The van der Waals surface area contributed by atoms with E-state index in [4.69, 9.17) is 0 Å². The van der Waals surface area contributed by atoms with Gasteiger partial charge in [0, 0.05) is 11.8 Å². The van der Waals surface area contributed by atoms with Crippen LogP contribution in [-0.4, -0.2) is 36.3 Å². The van der Waals surface area contributed by atoms with Crippen molar-refractivity contribution in [2.24, 2.45) is 11.8 Å². The van der Waals surface area contributed by atoms with E-state index in [2.05, 4.69) is 19.6 Å². The Balaban J connectivity index is 3.39. The maximum atomic E-state index is 12.3. The Labute approximate surface area is 105 Å². The van der Waals surface area contributed by atoms with Gasteiger partial charge in [-0.05, 0) is 24.6 Å². The van der Waals surface area contributed by atoms with Crippen LogP contribution in [0.2, 0.25) is 19.6 Å². The summed E-state index contributed by atoms with van der Waals surface area (Å²) in [5.74, 6) is -0.295. The summed E-state index contributed by atoms with van der Waals surface area (Å²) in [7, 11) is -1.78. The molecule has 0 saturated heterocycles. The standard InChI is InChI=1S/C13H24O3Si/c1-7-10(8(2)14)11(9(3)15)13(12(7)16)17(4,5)6/h7-10,14-15H,1-6H3/t7?,8-,9+,10?/m1/s1. The lowest BCUT2D eigenvalue weighted by atomic mass is 9.86. The fourth-order valence-corrected chi connectivity index (χ4v) is 5.15. The van der Waals surface area contributed by atoms with Gasteiger partial charge in [0.2, 0.25) is 0 Å². The van der Waals surface area contributed by atoms with Gasteiger partial charge in [-0.3, -0.25) is 4.79 Å². The van der Waals surface area contributed by atoms with Crippen LogP contribution < -0.4 is 0 Å². The second-order valence-corrected chi connectivity index (χ2v) is 11.2. The third-order valence-corrected chi connectivity index (χ3v) is 5.60. The summed E-state index contributed by atoms with van der Waals surface area (Å²) >= 11 is 0. The fraction of sp³-hybridized carbons (Fsp3) is 0.769. The number of aliphatic hydroxyl groups is 2. The van der Waals surface area contributed by atoms with Crippen LogP contribution in [0.25, 0.3) is 0 Å². The number of carbonyl (C=O) groups is 1. The Morgan fingerprint density at radius 1 is 1.18 bits per heavy atom. The molecule has 1 aliphatic carbocycles. The molecule has 17 heavy (non-hydrogen) atoms. The second kappa shape index (κ2) is 4.67. The molecule has 1 aliphatic rings. The normalized spacial score (nSPS) is 29.8. The highest BCUT2D eigenvalue weighted by molar-refractivity contribution is 6.87. The number of allylic oxidation sites excluding steroid dienone is 1. The molecule has 0 amide bonds. The maximum Gasteiger partial charge on any atom is 0.158 e. The Kier molecular flexibility index (Phi) is 4.01. The van der Waals surface area contributed by atoms with Crippen molar-refractivity contribution in [3.05, 3.63) is 10.8 Å². The van der Waals surface area contributed by atoms with E-state index in [1.165, 1.54) is 0 Å². The zero-order valence-corrected chi connectivity index (χ0v) is 12.6. The van der Waals surface area contributed by atoms with Crippen LogP contribution >= 0.6 is 0 Å². The third kappa shape index (κ3) is 2.54. The monoisotopic (exact) mass is 256 g/mol. The number of hydrogen-bond acceptors (Lipinski definition) is 3. The summed E-state index contributed by atoms with van der Waals surface area (Å²) in [6, 6.07) is 0. The number of Topliss-reactive ketones (excluding diaryl/α,β-unsaturated/α-hetero) is 1. The van der Waals surface area contributed by atoms with Gasteiger partial charge in [-0.1, -0.05) is 26.6 Å². The van der Waals surface area contributed by atoms with Crippen LogP contribution in [0.1, 0.15) is 20.8 Å². The molecule has 1 rings (SSSR count). The van der Waals surface area contributed by atoms with Crippen molar-refractivity contribution in [3.63, 3.8) is 0 Å². The minimum absolute atomic E-state index is 0.131. The van der Waals surface area contributed by atoms with Gasteiger partial charge >= 0.3 is 0 Å². The molecule has 0 aromatic heterocycles. The van der Waals surface area contributed by atoms with Crippen LogP contribution in [0.3, 0.4) is 0 Å². The molecule has 2 N–H and O–H groups in total. The molecular weight excluding hydrogens is 232 g/mol. The first-order valence-corrected chi connectivity index (χ1v) is 9.74. The quantitative estimate of drug-likeness (QED) is 0.757. The van der Waals surface area contributed by atoms with Crippen LogP contribution in [0.5, 0.6) is 0 Å². The molecule has 0 heterocycles. The highest BCUT2D eigenvalue weighted by Gasteiger charge is 2.46. The number of aliphatic hydroxyl groups excluding tert-OH is 2. The molecule has 0 saturated carbocycles. The minimum atomic E-state index is -1.78. The molecule has 2 unspecified atom stereocenters. The Morgan fingerprint density at radius 2 is 1.65 bits per heavy atom. The van der Waals surface area contributed by atoms with Crippen LogP contribution in [0.15, 0.2) is 10.8 Å². The van der Waals surface area contributed by atoms with E-state index in [1.807, 2.05) is 6.92 Å². The number of ketones is 1. The molecule has 0 bridgehead atoms. The van der Waals surface area contributed by atoms with Crippen molar-refractivity contribution < 1.29 is 15.0 Å². The highest BCUT2D eigenvalue weighted by atomic mass is 28.3. The number of hydrogen-bond donors (Lipinski definition) is 2. The Hall–Kier alpha value is -0.453. The molecule has 4 heteroatoms. The fourth-order valence-electron chi connectivity index (χ4n) is 2.94. The van der Waals surface area contributed by atoms with Gasteiger partial charge in [0.1, 0.15) is 0 Å². The summed E-state index contributed by atoms with van der Waals surface area (Å²) < 4.78 is 0. The van der Waals surface area contributed by atoms with Gasteiger partial charge in [0.05, 0.1) is 20.3 Å². The van der Waals surface area contributed by atoms with Gasteiger partial charge in [-0.2, -0.15) is 0 Å². The Bertz CT molecular complexity index is 350. The van der Waals surface area contributed by atoms with Crippen molar-refractivity contribution in [3.8, 4) is 0 Å². The SMILES string of the molecule is CC1C(=O)C([Si](C)(C)C)=C([C@H](C)O)C1[C@@H](C)O. The van der Waals surface area contributed by atoms with E-state index in [1.54, 1.807) is 13.8 Å². The predicted molar refractivity (Wildman–Crippen MR) is 71.4 cm³/mol. The van der Waals surface area contributed by atoms with E-state index in [-0.39, 0.29) is 17.6 Å². The van der Waals surface area contributed by atoms with E-state index in [0.29, 0.717) is 0 Å². The van der Waals surface area contributed by atoms with Crippen molar-refractivity contribution in [1.82, 2.24) is 0 Å². The van der Waals surface area contributed by atoms with E-state index in [9.17, 15) is 15.0 Å². The number of rotatable bonds is 3. The maximum absolute atomic E-state index is 12.3. The summed E-state index contributed by atoms with van der Waals surface area (Å²) in [5, 5.41) is 20.6. The van der Waals surface area contributed by atoms with Crippen molar-refractivity contribution in [1.29, 1.82) is 0 Å². The first-order valence-electron chi connectivity index (χ1n) is 6.24.